The van der Waals surface area contributed by atoms with Crippen LogP contribution in [0.5, 0.6) is 0 Å². The Bertz CT molecular complexity index is 351. The minimum atomic E-state index is -0.129. The summed E-state index contributed by atoms with van der Waals surface area (Å²) >= 11 is 1.72. The van der Waals surface area contributed by atoms with Gasteiger partial charge in [0.1, 0.15) is 0 Å². The van der Waals surface area contributed by atoms with E-state index in [1.807, 2.05) is 6.92 Å². The van der Waals surface area contributed by atoms with E-state index in [1.165, 1.54) is 18.4 Å². The van der Waals surface area contributed by atoms with Crippen LogP contribution in [0.3, 0.4) is 0 Å². The fraction of sp³-hybridized carbons (Fsp3) is 0.667. The van der Waals surface area contributed by atoms with Crippen molar-refractivity contribution in [2.24, 2.45) is 0 Å². The van der Waals surface area contributed by atoms with Crippen molar-refractivity contribution in [2.45, 2.75) is 58.5 Å². The van der Waals surface area contributed by atoms with Crippen molar-refractivity contribution >= 4 is 17.2 Å². The Morgan fingerprint density at radius 2 is 2.16 bits per heavy atom. The van der Waals surface area contributed by atoms with Crippen LogP contribution in [0.4, 0.5) is 0 Å². The van der Waals surface area contributed by atoms with Gasteiger partial charge in [0.05, 0.1) is 6.04 Å². The van der Waals surface area contributed by atoms with Crippen LogP contribution < -0.4 is 10.6 Å². The molecule has 0 aromatic carbocycles. The van der Waals surface area contributed by atoms with E-state index in [1.54, 1.807) is 11.3 Å². The SMILES string of the molecule is CCCCCNC(=O)C(C)NC(C)Cc1ccsc1. The van der Waals surface area contributed by atoms with Gasteiger partial charge in [0.2, 0.25) is 5.91 Å². The molecule has 3 nitrogen and oxygen atoms in total. The monoisotopic (exact) mass is 282 g/mol. The summed E-state index contributed by atoms with van der Waals surface area (Å²) < 4.78 is 0. The van der Waals surface area contributed by atoms with E-state index in [0.717, 1.165) is 19.4 Å². The van der Waals surface area contributed by atoms with Gasteiger partial charge in [-0.1, -0.05) is 19.8 Å². The van der Waals surface area contributed by atoms with Crippen LogP contribution >= 0.6 is 11.3 Å². The molecule has 0 radical (unpaired) electrons. The molecule has 1 amide bonds. The number of hydrogen-bond acceptors (Lipinski definition) is 3. The van der Waals surface area contributed by atoms with Gasteiger partial charge in [-0.15, -0.1) is 0 Å². The molecule has 1 rings (SSSR count). The van der Waals surface area contributed by atoms with Crippen molar-refractivity contribution in [1.29, 1.82) is 0 Å². The van der Waals surface area contributed by atoms with Gasteiger partial charge in [-0.3, -0.25) is 4.79 Å². The Morgan fingerprint density at radius 1 is 1.37 bits per heavy atom. The molecule has 0 aliphatic heterocycles. The van der Waals surface area contributed by atoms with Crippen LogP contribution in [0.1, 0.15) is 45.6 Å². The number of unbranched alkanes of at least 4 members (excludes halogenated alkanes) is 2. The van der Waals surface area contributed by atoms with Gasteiger partial charge in [-0.2, -0.15) is 11.3 Å². The lowest BCUT2D eigenvalue weighted by atomic mass is 10.1. The maximum Gasteiger partial charge on any atom is 0.236 e. The van der Waals surface area contributed by atoms with Crippen LogP contribution in [0.2, 0.25) is 0 Å². The summed E-state index contributed by atoms with van der Waals surface area (Å²) in [5, 5.41) is 10.6. The number of rotatable bonds is 9. The number of thiophene rings is 1. The van der Waals surface area contributed by atoms with E-state index < -0.39 is 0 Å². The average molecular weight is 282 g/mol. The fourth-order valence-corrected chi connectivity index (χ4v) is 2.74. The molecule has 19 heavy (non-hydrogen) atoms. The highest BCUT2D eigenvalue weighted by molar-refractivity contribution is 7.07. The predicted octanol–water partition coefficient (Wildman–Crippen LogP) is 2.96. The number of nitrogens with one attached hydrogen (secondary N) is 2. The van der Waals surface area contributed by atoms with Gasteiger partial charge < -0.3 is 10.6 Å². The maximum absolute atomic E-state index is 11.9. The van der Waals surface area contributed by atoms with E-state index in [2.05, 4.69) is 41.3 Å². The Hall–Kier alpha value is -0.870. The highest BCUT2D eigenvalue weighted by atomic mass is 32.1. The summed E-state index contributed by atoms with van der Waals surface area (Å²) in [5.41, 5.74) is 1.33. The summed E-state index contributed by atoms with van der Waals surface area (Å²) in [6.07, 6.45) is 4.40. The summed E-state index contributed by atoms with van der Waals surface area (Å²) in [6.45, 7) is 7.01. The molecule has 2 N–H and O–H groups in total. The highest BCUT2D eigenvalue weighted by Gasteiger charge is 2.14. The third-order valence-corrected chi connectivity index (χ3v) is 3.86. The minimum absolute atomic E-state index is 0.105. The first-order valence-electron chi connectivity index (χ1n) is 7.18. The molecule has 0 bridgehead atoms. The van der Waals surface area contributed by atoms with Gasteiger partial charge in [0.25, 0.3) is 0 Å². The molecule has 0 saturated heterocycles. The van der Waals surface area contributed by atoms with Gasteiger partial charge >= 0.3 is 0 Å². The number of carbonyl (C=O) groups is 1. The number of carbonyl (C=O) groups excluding carboxylic acids is 1. The first kappa shape index (κ1) is 16.2. The number of hydrogen-bond donors (Lipinski definition) is 2. The topological polar surface area (TPSA) is 41.1 Å². The van der Waals surface area contributed by atoms with E-state index in [0.29, 0.717) is 6.04 Å². The van der Waals surface area contributed by atoms with Crippen LogP contribution in [0.25, 0.3) is 0 Å². The van der Waals surface area contributed by atoms with Crippen LogP contribution in [-0.2, 0) is 11.2 Å². The predicted molar refractivity (Wildman–Crippen MR) is 82.6 cm³/mol. The average Bonchev–Trinajstić information content (AvgIpc) is 2.86. The molecule has 1 heterocycles. The second-order valence-corrected chi connectivity index (χ2v) is 5.90. The van der Waals surface area contributed by atoms with Gasteiger partial charge in [-0.05, 0) is 49.1 Å². The molecule has 1 aromatic rings. The molecule has 0 saturated carbocycles. The minimum Gasteiger partial charge on any atom is -0.355 e. The molecule has 1 aromatic heterocycles. The lowest BCUT2D eigenvalue weighted by Crippen LogP contribution is -2.46. The van der Waals surface area contributed by atoms with Gasteiger partial charge in [0, 0.05) is 12.6 Å². The number of amides is 1. The Balaban J connectivity index is 2.21. The molecule has 2 atom stereocenters. The quantitative estimate of drug-likeness (QED) is 0.684. The van der Waals surface area contributed by atoms with Crippen molar-refractivity contribution in [2.75, 3.05) is 6.54 Å². The Morgan fingerprint density at radius 3 is 2.79 bits per heavy atom. The molecular weight excluding hydrogens is 256 g/mol. The van der Waals surface area contributed by atoms with E-state index >= 15 is 0 Å². The molecular formula is C15H26N2OS. The van der Waals surface area contributed by atoms with Crippen molar-refractivity contribution in [3.63, 3.8) is 0 Å². The first-order valence-corrected chi connectivity index (χ1v) is 8.12. The zero-order valence-electron chi connectivity index (χ0n) is 12.2. The van der Waals surface area contributed by atoms with Crippen molar-refractivity contribution in [1.82, 2.24) is 10.6 Å². The Labute approximate surface area is 120 Å². The van der Waals surface area contributed by atoms with Crippen molar-refractivity contribution in [3.05, 3.63) is 22.4 Å². The van der Waals surface area contributed by atoms with E-state index in [9.17, 15) is 4.79 Å². The highest BCUT2D eigenvalue weighted by Crippen LogP contribution is 2.08. The lowest BCUT2D eigenvalue weighted by Gasteiger charge is -2.19. The third-order valence-electron chi connectivity index (χ3n) is 3.13. The zero-order valence-corrected chi connectivity index (χ0v) is 13.1. The molecule has 0 aliphatic rings. The smallest absolute Gasteiger partial charge is 0.236 e. The standard InChI is InChI=1S/C15H26N2OS/c1-4-5-6-8-16-15(18)13(3)17-12(2)10-14-7-9-19-11-14/h7,9,11-13,17H,4-6,8,10H2,1-3H3,(H,16,18). The summed E-state index contributed by atoms with van der Waals surface area (Å²) in [5.74, 6) is 0.105. The van der Waals surface area contributed by atoms with Crippen LogP contribution in [-0.4, -0.2) is 24.5 Å². The summed E-state index contributed by atoms with van der Waals surface area (Å²) in [7, 11) is 0. The van der Waals surface area contributed by atoms with Gasteiger partial charge in [0.15, 0.2) is 0 Å². The van der Waals surface area contributed by atoms with Crippen LogP contribution in [0, 0.1) is 0 Å². The van der Waals surface area contributed by atoms with Crippen LogP contribution in [0.15, 0.2) is 16.8 Å². The summed E-state index contributed by atoms with van der Waals surface area (Å²) in [6, 6.07) is 2.32. The third kappa shape index (κ3) is 6.73. The molecule has 2 unspecified atom stereocenters. The van der Waals surface area contributed by atoms with E-state index in [4.69, 9.17) is 0 Å². The zero-order chi connectivity index (χ0) is 14.1. The second-order valence-electron chi connectivity index (χ2n) is 5.12. The van der Waals surface area contributed by atoms with Crippen molar-refractivity contribution in [3.8, 4) is 0 Å². The fourth-order valence-electron chi connectivity index (χ4n) is 2.06. The maximum atomic E-state index is 11.9. The largest absolute Gasteiger partial charge is 0.355 e. The molecule has 108 valence electrons. The normalized spacial score (nSPS) is 14.1. The molecule has 0 aliphatic carbocycles. The van der Waals surface area contributed by atoms with E-state index in [-0.39, 0.29) is 11.9 Å². The molecule has 0 fully saturated rings. The molecule has 0 spiro atoms. The van der Waals surface area contributed by atoms with Gasteiger partial charge in [-0.25, -0.2) is 0 Å². The Kier molecular flexibility index (Phi) is 7.75. The summed E-state index contributed by atoms with van der Waals surface area (Å²) in [4.78, 5) is 11.9. The second kappa shape index (κ2) is 9.10. The van der Waals surface area contributed by atoms with Crippen molar-refractivity contribution < 1.29 is 4.79 Å². The lowest BCUT2D eigenvalue weighted by molar-refractivity contribution is -0.122. The molecule has 4 heteroatoms. The first-order chi connectivity index (χ1) is 9.13.